The van der Waals surface area contributed by atoms with E-state index in [1.165, 1.54) is 0 Å². The Morgan fingerprint density at radius 1 is 1.58 bits per heavy atom. The van der Waals surface area contributed by atoms with E-state index in [0.717, 1.165) is 6.08 Å². The van der Waals surface area contributed by atoms with Crippen LogP contribution in [0.15, 0.2) is 11.8 Å². The highest BCUT2D eigenvalue weighted by Crippen LogP contribution is 1.93. The van der Waals surface area contributed by atoms with Gasteiger partial charge in [-0.3, -0.25) is 4.79 Å². The quantitative estimate of drug-likeness (QED) is 0.235. The van der Waals surface area contributed by atoms with Crippen molar-refractivity contribution in [2.24, 2.45) is 0 Å². The topological polar surface area (TPSA) is 63.6 Å². The molecule has 0 spiro atoms. The first-order valence-corrected chi connectivity index (χ1v) is 3.81. The second-order valence-corrected chi connectivity index (χ2v) is 2.12. The van der Waals surface area contributed by atoms with E-state index in [4.69, 9.17) is 16.7 Å². The number of hydrogen-bond acceptors (Lipinski definition) is 4. The predicted molar refractivity (Wildman–Crippen MR) is 43.1 cm³/mol. The molecule has 0 aliphatic heterocycles. The zero-order valence-electron chi connectivity index (χ0n) is 6.54. The van der Waals surface area contributed by atoms with Crippen molar-refractivity contribution < 1.29 is 19.4 Å². The molecule has 0 aromatic heterocycles. The van der Waals surface area contributed by atoms with E-state index in [1.54, 1.807) is 6.92 Å². The molecule has 0 aliphatic rings. The van der Waals surface area contributed by atoms with Gasteiger partial charge in [0.25, 0.3) is 5.78 Å². The van der Waals surface area contributed by atoms with Gasteiger partial charge in [-0.1, -0.05) is 0 Å². The van der Waals surface area contributed by atoms with Crippen molar-refractivity contribution in [3.63, 3.8) is 0 Å². The van der Waals surface area contributed by atoms with Gasteiger partial charge in [-0.15, -0.1) is 11.6 Å². The number of aliphatic hydroxyl groups excluding tert-OH is 1. The molecule has 1 N–H and O–H groups in total. The molecule has 12 heavy (non-hydrogen) atoms. The largest absolute Gasteiger partial charge is 0.511 e. The fourth-order valence-electron chi connectivity index (χ4n) is 0.451. The molecule has 0 rings (SSSR count). The summed E-state index contributed by atoms with van der Waals surface area (Å²) in [7, 11) is 0. The Hall–Kier alpha value is -1.03. The Balaban J connectivity index is 4.12. The van der Waals surface area contributed by atoms with Crippen molar-refractivity contribution >= 4 is 23.4 Å². The molecule has 0 fully saturated rings. The second-order valence-electron chi connectivity index (χ2n) is 1.85. The summed E-state index contributed by atoms with van der Waals surface area (Å²) in [6, 6.07) is 0. The van der Waals surface area contributed by atoms with Crippen LogP contribution in [0.1, 0.15) is 6.92 Å². The van der Waals surface area contributed by atoms with Gasteiger partial charge in [-0.05, 0) is 6.92 Å². The first-order valence-electron chi connectivity index (χ1n) is 3.28. The van der Waals surface area contributed by atoms with Crippen LogP contribution < -0.4 is 0 Å². The molecule has 0 heterocycles. The minimum atomic E-state index is -0.992. The lowest BCUT2D eigenvalue weighted by Gasteiger charge is -1.96. The standard InChI is InChI=1S/C7H9ClO4/c1-2-12-7(11)6(10)3-5(9)4-8/h3,9H,2,4H2,1H3/b5-3-. The predicted octanol–water partition coefficient (Wildman–Crippen LogP) is 0.799. The number of aliphatic hydroxyl groups is 1. The molecule has 0 bridgehead atoms. The summed E-state index contributed by atoms with van der Waals surface area (Å²) in [5, 5.41) is 8.75. The minimum Gasteiger partial charge on any atom is -0.511 e. The molecule has 5 heteroatoms. The van der Waals surface area contributed by atoms with Crippen LogP contribution in [-0.2, 0) is 14.3 Å². The van der Waals surface area contributed by atoms with Crippen LogP contribution in [-0.4, -0.2) is 29.3 Å². The SMILES string of the molecule is CCOC(=O)C(=O)/C=C(\O)CCl. The number of ether oxygens (including phenoxy) is 1. The Morgan fingerprint density at radius 2 is 2.17 bits per heavy atom. The van der Waals surface area contributed by atoms with E-state index in [2.05, 4.69) is 4.74 Å². The monoisotopic (exact) mass is 192 g/mol. The molecule has 4 nitrogen and oxygen atoms in total. The van der Waals surface area contributed by atoms with Crippen LogP contribution >= 0.6 is 11.6 Å². The third-order valence-corrected chi connectivity index (χ3v) is 1.19. The summed E-state index contributed by atoms with van der Waals surface area (Å²) >= 11 is 5.16. The Kier molecular flexibility index (Phi) is 5.12. The Bertz CT molecular complexity index is 209. The molecule has 0 unspecified atom stereocenters. The zero-order valence-corrected chi connectivity index (χ0v) is 7.30. The highest BCUT2D eigenvalue weighted by molar-refractivity contribution is 6.38. The molecule has 0 aromatic carbocycles. The molecular formula is C7H9ClO4. The third-order valence-electron chi connectivity index (χ3n) is 0.911. The van der Waals surface area contributed by atoms with E-state index < -0.39 is 11.8 Å². The average Bonchev–Trinajstić information content (AvgIpc) is 2.04. The highest BCUT2D eigenvalue weighted by Gasteiger charge is 2.12. The maximum atomic E-state index is 10.7. The normalized spacial score (nSPS) is 11.0. The first kappa shape index (κ1) is 11.0. The number of alkyl halides is 1. The Morgan fingerprint density at radius 3 is 2.58 bits per heavy atom. The van der Waals surface area contributed by atoms with Crippen molar-refractivity contribution in [1.82, 2.24) is 0 Å². The Labute approximate surface area is 74.8 Å². The lowest BCUT2D eigenvalue weighted by Crippen LogP contribution is -2.15. The summed E-state index contributed by atoms with van der Waals surface area (Å²) < 4.78 is 4.36. The number of hydrogen-bond donors (Lipinski definition) is 1. The van der Waals surface area contributed by atoms with Crippen LogP contribution in [0.4, 0.5) is 0 Å². The molecule has 0 radical (unpaired) electrons. The van der Waals surface area contributed by atoms with Gasteiger partial charge in [0.1, 0.15) is 5.76 Å². The van der Waals surface area contributed by atoms with Crippen molar-refractivity contribution in [2.45, 2.75) is 6.92 Å². The van der Waals surface area contributed by atoms with Crippen molar-refractivity contribution in [3.8, 4) is 0 Å². The van der Waals surface area contributed by atoms with Crippen LogP contribution in [0, 0.1) is 0 Å². The molecule has 0 atom stereocenters. The molecule has 68 valence electrons. The van der Waals surface area contributed by atoms with Gasteiger partial charge < -0.3 is 9.84 Å². The maximum absolute atomic E-state index is 10.7. The smallest absolute Gasteiger partial charge is 0.379 e. The van der Waals surface area contributed by atoms with E-state index in [0.29, 0.717) is 0 Å². The van der Waals surface area contributed by atoms with Crippen LogP contribution in [0.25, 0.3) is 0 Å². The third kappa shape index (κ3) is 3.98. The summed E-state index contributed by atoms with van der Waals surface area (Å²) in [5.74, 6) is -2.45. The van der Waals surface area contributed by atoms with Gasteiger partial charge in [0.2, 0.25) is 0 Å². The van der Waals surface area contributed by atoms with Gasteiger partial charge in [-0.2, -0.15) is 0 Å². The van der Waals surface area contributed by atoms with Crippen LogP contribution in [0.3, 0.4) is 0 Å². The van der Waals surface area contributed by atoms with E-state index in [1.807, 2.05) is 0 Å². The number of esters is 1. The summed E-state index contributed by atoms with van der Waals surface area (Å²) in [6.07, 6.45) is 0.741. The minimum absolute atomic E-state index is 0.125. The van der Waals surface area contributed by atoms with Crippen molar-refractivity contribution in [3.05, 3.63) is 11.8 Å². The molecule has 0 aliphatic carbocycles. The summed E-state index contributed by atoms with van der Waals surface area (Å²) in [6.45, 7) is 1.70. The number of allylic oxidation sites excluding steroid dienone is 1. The van der Waals surface area contributed by atoms with Gasteiger partial charge in [-0.25, -0.2) is 4.79 Å². The van der Waals surface area contributed by atoms with Crippen LogP contribution in [0.5, 0.6) is 0 Å². The van der Waals surface area contributed by atoms with Gasteiger partial charge in [0, 0.05) is 6.08 Å². The molecular weight excluding hydrogens is 184 g/mol. The first-order chi connectivity index (χ1) is 5.61. The molecule has 0 saturated heterocycles. The van der Waals surface area contributed by atoms with Crippen molar-refractivity contribution in [2.75, 3.05) is 12.5 Å². The maximum Gasteiger partial charge on any atom is 0.379 e. The van der Waals surface area contributed by atoms with Crippen LogP contribution in [0.2, 0.25) is 0 Å². The zero-order chi connectivity index (χ0) is 9.56. The molecule has 0 amide bonds. The van der Waals surface area contributed by atoms with Crippen molar-refractivity contribution in [1.29, 1.82) is 0 Å². The lowest BCUT2D eigenvalue weighted by atomic mass is 10.3. The second kappa shape index (κ2) is 5.60. The summed E-state index contributed by atoms with van der Waals surface area (Å²) in [4.78, 5) is 21.4. The van der Waals surface area contributed by atoms with Gasteiger partial charge in [0.05, 0.1) is 12.5 Å². The van der Waals surface area contributed by atoms with E-state index >= 15 is 0 Å². The van der Waals surface area contributed by atoms with E-state index in [9.17, 15) is 9.59 Å². The summed E-state index contributed by atoms with van der Waals surface area (Å²) in [5.41, 5.74) is 0. The average molecular weight is 193 g/mol. The molecule has 0 saturated carbocycles. The van der Waals surface area contributed by atoms with Gasteiger partial charge >= 0.3 is 5.97 Å². The number of halogens is 1. The lowest BCUT2D eigenvalue weighted by molar-refractivity contribution is -0.151. The van der Waals surface area contributed by atoms with E-state index in [-0.39, 0.29) is 18.2 Å². The fourth-order valence-corrected chi connectivity index (χ4v) is 0.528. The number of ketones is 1. The number of rotatable bonds is 4. The fraction of sp³-hybridized carbons (Fsp3) is 0.429. The van der Waals surface area contributed by atoms with Gasteiger partial charge in [0.15, 0.2) is 0 Å². The number of carbonyl (C=O) groups is 2. The number of carbonyl (C=O) groups excluding carboxylic acids is 2. The highest BCUT2D eigenvalue weighted by atomic mass is 35.5. The molecule has 0 aromatic rings.